The maximum Gasteiger partial charge on any atom is 0.322 e. The van der Waals surface area contributed by atoms with E-state index >= 15 is 0 Å². The number of nitrogens with one attached hydrogen (secondary N) is 1. The fraction of sp³-hybridized carbons (Fsp3) is 0.292. The molecule has 0 bridgehead atoms. The molecule has 0 radical (unpaired) electrons. The summed E-state index contributed by atoms with van der Waals surface area (Å²) in [6.45, 7) is 3.42. The van der Waals surface area contributed by atoms with Crippen LogP contribution in [0, 0.1) is 0 Å². The molecule has 2 aromatic heterocycles. The summed E-state index contributed by atoms with van der Waals surface area (Å²) in [7, 11) is -3.57. The quantitative estimate of drug-likeness (QED) is 0.401. The molecule has 1 N–H and O–H groups in total. The van der Waals surface area contributed by atoms with Gasteiger partial charge in [-0.25, -0.2) is 8.42 Å². The number of sulfonamides is 1. The van der Waals surface area contributed by atoms with Crippen LogP contribution in [0.5, 0.6) is 5.75 Å². The molecular formula is C24H24N4O6S. The Labute approximate surface area is 201 Å². The molecule has 0 aliphatic carbocycles. The average Bonchev–Trinajstić information content (AvgIpc) is 3.52. The number of furan rings is 1. The molecule has 0 spiro atoms. The highest BCUT2D eigenvalue weighted by molar-refractivity contribution is 7.89. The summed E-state index contributed by atoms with van der Waals surface area (Å²) in [6, 6.07) is 13.0. The van der Waals surface area contributed by atoms with E-state index in [1.54, 1.807) is 6.07 Å². The summed E-state index contributed by atoms with van der Waals surface area (Å²) in [5.74, 6) is 0.537. The van der Waals surface area contributed by atoms with Crippen LogP contribution >= 0.6 is 0 Å². The lowest BCUT2D eigenvalue weighted by atomic mass is 10.2. The maximum atomic E-state index is 12.8. The van der Waals surface area contributed by atoms with Crippen LogP contribution in [0.2, 0.25) is 0 Å². The minimum atomic E-state index is -3.57. The van der Waals surface area contributed by atoms with Crippen molar-refractivity contribution in [3.63, 3.8) is 0 Å². The number of carbonyl (C=O) groups is 1. The van der Waals surface area contributed by atoms with Gasteiger partial charge >= 0.3 is 6.01 Å². The molecule has 0 unspecified atom stereocenters. The Hall–Kier alpha value is -3.70. The van der Waals surface area contributed by atoms with E-state index in [-0.39, 0.29) is 22.4 Å². The molecule has 2 aromatic carbocycles. The first kappa shape index (κ1) is 23.1. The number of para-hydroxylation sites is 1. The van der Waals surface area contributed by atoms with Crippen molar-refractivity contribution in [1.29, 1.82) is 0 Å². The van der Waals surface area contributed by atoms with Crippen LogP contribution in [-0.4, -0.2) is 48.5 Å². The zero-order valence-corrected chi connectivity index (χ0v) is 19.9. The van der Waals surface area contributed by atoms with Crippen LogP contribution in [0.15, 0.2) is 62.3 Å². The molecule has 1 aliphatic heterocycles. The minimum Gasteiger partial charge on any atom is -0.490 e. The summed E-state index contributed by atoms with van der Waals surface area (Å²) >= 11 is 0. The van der Waals surface area contributed by atoms with Gasteiger partial charge < -0.3 is 13.6 Å². The van der Waals surface area contributed by atoms with Gasteiger partial charge in [-0.1, -0.05) is 23.7 Å². The van der Waals surface area contributed by atoms with Gasteiger partial charge in [-0.15, -0.1) is 5.10 Å². The molecule has 35 heavy (non-hydrogen) atoms. The number of ether oxygens (including phenoxy) is 1. The van der Waals surface area contributed by atoms with Crippen LogP contribution in [-0.2, 0) is 10.0 Å². The van der Waals surface area contributed by atoms with Gasteiger partial charge in [0.1, 0.15) is 0 Å². The van der Waals surface area contributed by atoms with Gasteiger partial charge in [-0.05, 0) is 56.2 Å². The Morgan fingerprint density at radius 1 is 1.06 bits per heavy atom. The molecule has 0 saturated carbocycles. The molecular weight excluding hydrogens is 472 g/mol. The predicted molar refractivity (Wildman–Crippen MR) is 128 cm³/mol. The van der Waals surface area contributed by atoms with Gasteiger partial charge in [0.15, 0.2) is 17.1 Å². The van der Waals surface area contributed by atoms with Crippen LogP contribution in [0.1, 0.15) is 36.5 Å². The first-order valence-electron chi connectivity index (χ1n) is 11.4. The Morgan fingerprint density at radius 2 is 1.83 bits per heavy atom. The number of amides is 1. The van der Waals surface area contributed by atoms with Crippen molar-refractivity contribution in [1.82, 2.24) is 14.5 Å². The minimum absolute atomic E-state index is 0.0990. The van der Waals surface area contributed by atoms with Gasteiger partial charge in [0, 0.05) is 24.0 Å². The number of aromatic nitrogens is 2. The highest BCUT2D eigenvalue weighted by atomic mass is 32.2. The largest absolute Gasteiger partial charge is 0.490 e. The van der Waals surface area contributed by atoms with Gasteiger partial charge in [0.2, 0.25) is 10.0 Å². The first-order valence-corrected chi connectivity index (χ1v) is 12.8. The Kier molecular flexibility index (Phi) is 6.27. The molecule has 4 aromatic rings. The standard InChI is InChI=1S/C24H24N4O6S/c1-2-32-19-8-6-7-17-15-20(33-21(17)19)23-26-27-24(34-23)25-22(29)16-9-11-18(12-10-16)35(30,31)28-13-4-3-5-14-28/h6-12,15H,2-5,13-14H2,1H3,(H,25,27,29). The zero-order chi connectivity index (χ0) is 24.4. The number of nitrogens with zero attached hydrogens (tertiary/aromatic N) is 3. The molecule has 3 heterocycles. The van der Waals surface area contributed by atoms with E-state index in [0.717, 1.165) is 24.6 Å². The maximum absolute atomic E-state index is 12.8. The Bertz CT molecular complexity index is 1450. The number of piperidine rings is 1. The summed E-state index contributed by atoms with van der Waals surface area (Å²) in [4.78, 5) is 12.8. The van der Waals surface area contributed by atoms with E-state index in [1.807, 2.05) is 25.1 Å². The molecule has 10 nitrogen and oxygen atoms in total. The van der Waals surface area contributed by atoms with Gasteiger partial charge in [0.05, 0.1) is 11.5 Å². The molecule has 1 aliphatic rings. The Morgan fingerprint density at radius 3 is 2.57 bits per heavy atom. The smallest absolute Gasteiger partial charge is 0.322 e. The Balaban J connectivity index is 1.29. The highest BCUT2D eigenvalue weighted by Gasteiger charge is 2.26. The normalized spacial score (nSPS) is 14.8. The number of anilines is 1. The summed E-state index contributed by atoms with van der Waals surface area (Å²) in [6.07, 6.45) is 2.74. The molecule has 11 heteroatoms. The monoisotopic (exact) mass is 496 g/mol. The lowest BCUT2D eigenvalue weighted by molar-refractivity contribution is 0.102. The van der Waals surface area contributed by atoms with Crippen molar-refractivity contribution < 1.29 is 26.8 Å². The number of carbonyl (C=O) groups excluding carboxylic acids is 1. The fourth-order valence-electron chi connectivity index (χ4n) is 3.99. The van der Waals surface area contributed by atoms with E-state index in [2.05, 4.69) is 15.5 Å². The molecule has 1 amide bonds. The number of benzene rings is 2. The summed E-state index contributed by atoms with van der Waals surface area (Å²) in [5.41, 5.74) is 0.820. The van der Waals surface area contributed by atoms with Gasteiger partial charge in [-0.3, -0.25) is 10.1 Å². The van der Waals surface area contributed by atoms with Crippen LogP contribution in [0.3, 0.4) is 0 Å². The second-order valence-electron chi connectivity index (χ2n) is 8.07. The molecule has 1 saturated heterocycles. The molecule has 5 rings (SSSR count). The third-order valence-electron chi connectivity index (χ3n) is 5.73. The van der Waals surface area contributed by atoms with Gasteiger partial charge in [-0.2, -0.15) is 4.31 Å². The van der Waals surface area contributed by atoms with Gasteiger partial charge in [0.25, 0.3) is 11.8 Å². The second kappa shape index (κ2) is 9.51. The number of rotatable bonds is 7. The predicted octanol–water partition coefficient (Wildman–Crippen LogP) is 4.31. The SMILES string of the molecule is CCOc1cccc2cc(-c3nnc(NC(=O)c4ccc(S(=O)(=O)N5CCCCC5)cc4)o3)oc12. The number of hydrogen-bond donors (Lipinski definition) is 1. The third kappa shape index (κ3) is 4.64. The lowest BCUT2D eigenvalue weighted by Gasteiger charge is -2.25. The van der Waals surface area contributed by atoms with Crippen LogP contribution in [0.4, 0.5) is 6.01 Å². The summed E-state index contributed by atoms with van der Waals surface area (Å²) in [5, 5.41) is 11.2. The van der Waals surface area contributed by atoms with Crippen LogP contribution in [0.25, 0.3) is 22.6 Å². The topological polar surface area (TPSA) is 128 Å². The van der Waals surface area contributed by atoms with Crippen molar-refractivity contribution in [3.8, 4) is 17.4 Å². The second-order valence-corrected chi connectivity index (χ2v) is 10.0. The molecule has 1 fully saturated rings. The van der Waals surface area contributed by atoms with Crippen LogP contribution < -0.4 is 10.1 Å². The molecule has 182 valence electrons. The number of fused-ring (bicyclic) bond motifs is 1. The van der Waals surface area contributed by atoms with E-state index in [9.17, 15) is 13.2 Å². The first-order chi connectivity index (χ1) is 17.0. The number of hydrogen-bond acceptors (Lipinski definition) is 8. The van der Waals surface area contributed by atoms with E-state index < -0.39 is 15.9 Å². The van der Waals surface area contributed by atoms with Crippen molar-refractivity contribution in [2.45, 2.75) is 31.1 Å². The molecule has 0 atom stereocenters. The zero-order valence-electron chi connectivity index (χ0n) is 19.1. The summed E-state index contributed by atoms with van der Waals surface area (Å²) < 4.78 is 44.1. The average molecular weight is 497 g/mol. The van der Waals surface area contributed by atoms with E-state index in [0.29, 0.717) is 36.8 Å². The van der Waals surface area contributed by atoms with E-state index in [1.165, 1.54) is 28.6 Å². The highest BCUT2D eigenvalue weighted by Crippen LogP contribution is 2.33. The fourth-order valence-corrected chi connectivity index (χ4v) is 5.50. The van der Waals surface area contributed by atoms with Crippen molar-refractivity contribution >= 4 is 32.9 Å². The lowest BCUT2D eigenvalue weighted by Crippen LogP contribution is -2.35. The van der Waals surface area contributed by atoms with E-state index in [4.69, 9.17) is 13.6 Å². The van der Waals surface area contributed by atoms with Crippen molar-refractivity contribution in [2.24, 2.45) is 0 Å². The van der Waals surface area contributed by atoms with Crippen molar-refractivity contribution in [3.05, 3.63) is 54.1 Å². The third-order valence-corrected chi connectivity index (χ3v) is 7.65. The van der Waals surface area contributed by atoms with Crippen molar-refractivity contribution in [2.75, 3.05) is 25.0 Å².